The minimum atomic E-state index is 0.00632. The highest BCUT2D eigenvalue weighted by molar-refractivity contribution is 7.98. The summed E-state index contributed by atoms with van der Waals surface area (Å²) >= 11 is 1.81. The molecule has 0 saturated carbocycles. The van der Waals surface area contributed by atoms with Crippen LogP contribution in [0.5, 0.6) is 0 Å². The average Bonchev–Trinajstić information content (AvgIpc) is 2.38. The fourth-order valence-corrected chi connectivity index (χ4v) is 2.75. The summed E-state index contributed by atoms with van der Waals surface area (Å²) in [4.78, 5) is 14.0. The summed E-state index contributed by atoms with van der Waals surface area (Å²) in [6.45, 7) is 2.55. The monoisotopic (exact) mass is 281 g/mol. The van der Waals surface area contributed by atoms with Gasteiger partial charge >= 0.3 is 0 Å². The highest BCUT2D eigenvalue weighted by Gasteiger charge is 2.15. The maximum Gasteiger partial charge on any atom is 0.238 e. The van der Waals surface area contributed by atoms with Gasteiger partial charge in [0.2, 0.25) is 5.91 Å². The van der Waals surface area contributed by atoms with Gasteiger partial charge in [0.05, 0.1) is 6.54 Å². The number of hydrogen-bond acceptors (Lipinski definition) is 4. The van der Waals surface area contributed by atoms with Crippen molar-refractivity contribution in [3.05, 3.63) is 24.3 Å². The quantitative estimate of drug-likeness (QED) is 0.753. The van der Waals surface area contributed by atoms with Crippen LogP contribution in [-0.4, -0.2) is 42.4 Å². The molecule has 3 N–H and O–H groups in total. The first-order chi connectivity index (χ1) is 9.06. The number of hydrogen-bond donors (Lipinski definition) is 2. The van der Waals surface area contributed by atoms with Crippen molar-refractivity contribution in [2.24, 2.45) is 0 Å². The standard InChI is InChI=1S/C14H23N3OS/c1-4-13(10-19-3)17(2)9-14(18)16-12-7-5-11(15)6-8-12/h5-8,13H,4,9-10,15H2,1-3H3,(H,16,18). The largest absolute Gasteiger partial charge is 0.399 e. The Bertz CT molecular complexity index is 394. The van der Waals surface area contributed by atoms with Gasteiger partial charge in [0, 0.05) is 23.2 Å². The second kappa shape index (κ2) is 8.07. The molecule has 0 saturated heterocycles. The molecule has 1 amide bonds. The number of nitrogens with zero attached hydrogens (tertiary/aromatic N) is 1. The van der Waals surface area contributed by atoms with Gasteiger partial charge in [-0.05, 0) is 44.0 Å². The second-order valence-corrected chi connectivity index (χ2v) is 5.51. The third-order valence-electron chi connectivity index (χ3n) is 3.04. The van der Waals surface area contributed by atoms with Crippen molar-refractivity contribution in [2.75, 3.05) is 36.7 Å². The van der Waals surface area contributed by atoms with Crippen molar-refractivity contribution < 1.29 is 4.79 Å². The number of rotatable bonds is 7. The molecule has 0 spiro atoms. The first-order valence-electron chi connectivity index (χ1n) is 6.41. The minimum Gasteiger partial charge on any atom is -0.399 e. The van der Waals surface area contributed by atoms with E-state index in [0.29, 0.717) is 18.3 Å². The van der Waals surface area contributed by atoms with Crippen molar-refractivity contribution >= 4 is 29.0 Å². The molecular weight excluding hydrogens is 258 g/mol. The van der Waals surface area contributed by atoms with E-state index in [1.54, 1.807) is 12.1 Å². The van der Waals surface area contributed by atoms with Gasteiger partial charge in [0.25, 0.3) is 0 Å². The van der Waals surface area contributed by atoms with Gasteiger partial charge in [0.15, 0.2) is 0 Å². The minimum absolute atomic E-state index is 0.00632. The molecule has 19 heavy (non-hydrogen) atoms. The van der Waals surface area contributed by atoms with Gasteiger partial charge in [-0.25, -0.2) is 0 Å². The summed E-state index contributed by atoms with van der Waals surface area (Å²) in [5.41, 5.74) is 7.08. The number of carbonyl (C=O) groups excluding carboxylic acids is 1. The van der Waals surface area contributed by atoms with E-state index in [9.17, 15) is 4.79 Å². The lowest BCUT2D eigenvalue weighted by Gasteiger charge is -2.25. The number of anilines is 2. The van der Waals surface area contributed by atoms with E-state index in [2.05, 4.69) is 23.4 Å². The van der Waals surface area contributed by atoms with Crippen LogP contribution in [0.4, 0.5) is 11.4 Å². The van der Waals surface area contributed by atoms with Crippen LogP contribution in [0.2, 0.25) is 0 Å². The highest BCUT2D eigenvalue weighted by atomic mass is 32.2. The number of amides is 1. The zero-order chi connectivity index (χ0) is 14.3. The molecule has 1 aromatic carbocycles. The van der Waals surface area contributed by atoms with Crippen LogP contribution in [0.3, 0.4) is 0 Å². The fourth-order valence-electron chi connectivity index (χ4n) is 1.87. The Labute approximate surface area is 119 Å². The number of carbonyl (C=O) groups is 1. The molecule has 0 aliphatic carbocycles. The number of nitrogens with one attached hydrogen (secondary N) is 1. The van der Waals surface area contributed by atoms with Crippen molar-refractivity contribution in [2.45, 2.75) is 19.4 Å². The van der Waals surface area contributed by atoms with Crippen LogP contribution in [0.25, 0.3) is 0 Å². The topological polar surface area (TPSA) is 58.4 Å². The summed E-state index contributed by atoms with van der Waals surface area (Å²) in [7, 11) is 1.99. The summed E-state index contributed by atoms with van der Waals surface area (Å²) in [5.74, 6) is 1.05. The number of nitrogens with two attached hydrogens (primary N) is 1. The van der Waals surface area contributed by atoms with Gasteiger partial charge in [-0.1, -0.05) is 6.92 Å². The van der Waals surface area contributed by atoms with Crippen LogP contribution in [0, 0.1) is 0 Å². The van der Waals surface area contributed by atoms with Gasteiger partial charge in [-0.3, -0.25) is 9.69 Å². The first-order valence-corrected chi connectivity index (χ1v) is 7.80. The van der Waals surface area contributed by atoms with Gasteiger partial charge in [0.1, 0.15) is 0 Å². The van der Waals surface area contributed by atoms with Crippen molar-refractivity contribution in [1.82, 2.24) is 4.90 Å². The van der Waals surface area contributed by atoms with Crippen molar-refractivity contribution in [3.63, 3.8) is 0 Å². The van der Waals surface area contributed by atoms with Gasteiger partial charge < -0.3 is 11.1 Å². The zero-order valence-corrected chi connectivity index (χ0v) is 12.7. The van der Waals surface area contributed by atoms with E-state index in [-0.39, 0.29) is 5.91 Å². The van der Waals surface area contributed by atoms with E-state index >= 15 is 0 Å². The molecule has 1 rings (SSSR count). The maximum absolute atomic E-state index is 11.9. The predicted molar refractivity (Wildman–Crippen MR) is 84.6 cm³/mol. The molecule has 1 unspecified atom stereocenters. The molecule has 106 valence electrons. The molecule has 4 nitrogen and oxygen atoms in total. The van der Waals surface area contributed by atoms with Gasteiger partial charge in [-0.2, -0.15) is 11.8 Å². The van der Waals surface area contributed by atoms with Crippen molar-refractivity contribution in [1.29, 1.82) is 0 Å². The molecule has 5 heteroatoms. The zero-order valence-electron chi connectivity index (χ0n) is 11.8. The average molecular weight is 281 g/mol. The lowest BCUT2D eigenvalue weighted by molar-refractivity contribution is -0.117. The van der Waals surface area contributed by atoms with E-state index < -0.39 is 0 Å². The molecular formula is C14H23N3OS. The Morgan fingerprint density at radius 1 is 1.42 bits per heavy atom. The SMILES string of the molecule is CCC(CSC)N(C)CC(=O)Nc1ccc(N)cc1. The summed E-state index contributed by atoms with van der Waals surface area (Å²) in [5, 5.41) is 2.88. The van der Waals surface area contributed by atoms with E-state index in [4.69, 9.17) is 5.73 Å². The molecule has 0 radical (unpaired) electrons. The Morgan fingerprint density at radius 3 is 2.58 bits per heavy atom. The molecule has 0 aliphatic heterocycles. The number of thioether (sulfide) groups is 1. The summed E-state index contributed by atoms with van der Waals surface area (Å²) in [6.07, 6.45) is 3.14. The van der Waals surface area contributed by atoms with E-state index in [0.717, 1.165) is 17.9 Å². The predicted octanol–water partition coefficient (Wildman–Crippen LogP) is 2.28. The number of benzene rings is 1. The Morgan fingerprint density at radius 2 is 2.05 bits per heavy atom. The Balaban J connectivity index is 2.48. The lowest BCUT2D eigenvalue weighted by atomic mass is 10.2. The molecule has 0 aromatic heterocycles. The third-order valence-corrected chi connectivity index (χ3v) is 3.76. The first kappa shape index (κ1) is 15.9. The van der Waals surface area contributed by atoms with Crippen LogP contribution < -0.4 is 11.1 Å². The van der Waals surface area contributed by atoms with Crippen LogP contribution in [-0.2, 0) is 4.79 Å². The van der Waals surface area contributed by atoms with Gasteiger partial charge in [-0.15, -0.1) is 0 Å². The summed E-state index contributed by atoms with van der Waals surface area (Å²) < 4.78 is 0. The Kier molecular flexibility index (Phi) is 6.73. The Hall–Kier alpha value is -1.20. The lowest BCUT2D eigenvalue weighted by Crippen LogP contribution is -2.39. The summed E-state index contributed by atoms with van der Waals surface area (Å²) in [6, 6.07) is 7.62. The smallest absolute Gasteiger partial charge is 0.238 e. The van der Waals surface area contributed by atoms with E-state index in [1.165, 1.54) is 0 Å². The molecule has 1 atom stereocenters. The van der Waals surface area contributed by atoms with Crippen LogP contribution in [0.15, 0.2) is 24.3 Å². The maximum atomic E-state index is 11.9. The molecule has 1 aromatic rings. The van der Waals surface area contributed by atoms with Crippen LogP contribution in [0.1, 0.15) is 13.3 Å². The van der Waals surface area contributed by atoms with E-state index in [1.807, 2.05) is 30.9 Å². The molecule has 0 fully saturated rings. The number of likely N-dealkylation sites (N-methyl/N-ethyl adjacent to an activating group) is 1. The van der Waals surface area contributed by atoms with Crippen molar-refractivity contribution in [3.8, 4) is 0 Å². The molecule has 0 aliphatic rings. The van der Waals surface area contributed by atoms with Crippen LogP contribution >= 0.6 is 11.8 Å². The third kappa shape index (κ3) is 5.53. The highest BCUT2D eigenvalue weighted by Crippen LogP contribution is 2.11. The molecule has 0 bridgehead atoms. The normalized spacial score (nSPS) is 12.4. The second-order valence-electron chi connectivity index (χ2n) is 4.60. The molecule has 0 heterocycles. The number of nitrogen functional groups attached to an aromatic ring is 1. The fraction of sp³-hybridized carbons (Fsp3) is 0.500.